The fourth-order valence-electron chi connectivity index (χ4n) is 3.12. The summed E-state index contributed by atoms with van der Waals surface area (Å²) >= 11 is 0. The van der Waals surface area contributed by atoms with E-state index in [9.17, 15) is 4.79 Å². The molecule has 1 amide bonds. The van der Waals surface area contributed by atoms with Gasteiger partial charge < -0.3 is 10.6 Å². The van der Waals surface area contributed by atoms with Crippen molar-refractivity contribution in [3.8, 4) is 0 Å². The van der Waals surface area contributed by atoms with Gasteiger partial charge in [0.05, 0.1) is 5.56 Å². The molecule has 1 aliphatic heterocycles. The van der Waals surface area contributed by atoms with Crippen LogP contribution in [0.25, 0.3) is 0 Å². The van der Waals surface area contributed by atoms with Crippen LogP contribution in [0.4, 0.5) is 5.82 Å². The van der Waals surface area contributed by atoms with E-state index in [0.717, 1.165) is 24.9 Å². The highest BCUT2D eigenvalue weighted by atomic mass is 16.2. The minimum absolute atomic E-state index is 0.104. The maximum Gasteiger partial charge on any atom is 0.255 e. The molecule has 2 N–H and O–H groups in total. The van der Waals surface area contributed by atoms with Crippen LogP contribution < -0.4 is 5.73 Å². The summed E-state index contributed by atoms with van der Waals surface area (Å²) in [6.07, 6.45) is 5.48. The van der Waals surface area contributed by atoms with Crippen molar-refractivity contribution >= 4 is 11.7 Å². The largest absolute Gasteiger partial charge is 0.384 e. The van der Waals surface area contributed by atoms with Gasteiger partial charge in [0.15, 0.2) is 0 Å². The Morgan fingerprint density at radius 2 is 2.00 bits per heavy atom. The highest BCUT2D eigenvalue weighted by Crippen LogP contribution is 2.38. The number of anilines is 1. The predicted molar refractivity (Wildman–Crippen MR) is 65.4 cm³/mol. The Labute approximate surface area is 101 Å². The van der Waals surface area contributed by atoms with Gasteiger partial charge in [-0.3, -0.25) is 4.79 Å². The van der Waals surface area contributed by atoms with Crippen molar-refractivity contribution < 1.29 is 4.79 Å². The standard InChI is InChI=1S/C13H17N3O/c14-12-5-4-9(6-15-12)13(17)16-7-10-2-1-3-11(10)8-16/h4-6,10-11H,1-3,7-8H2,(H2,14,15). The smallest absolute Gasteiger partial charge is 0.255 e. The molecular formula is C13H17N3O. The summed E-state index contributed by atoms with van der Waals surface area (Å²) in [6, 6.07) is 3.45. The first-order chi connectivity index (χ1) is 8.24. The summed E-state index contributed by atoms with van der Waals surface area (Å²) in [7, 11) is 0. The minimum Gasteiger partial charge on any atom is -0.384 e. The number of amides is 1. The lowest BCUT2D eigenvalue weighted by atomic mass is 10.0. The van der Waals surface area contributed by atoms with Crippen LogP contribution in [0.3, 0.4) is 0 Å². The van der Waals surface area contributed by atoms with Gasteiger partial charge in [-0.25, -0.2) is 4.98 Å². The van der Waals surface area contributed by atoms with E-state index in [1.807, 2.05) is 4.90 Å². The van der Waals surface area contributed by atoms with Gasteiger partial charge in [-0.2, -0.15) is 0 Å². The van der Waals surface area contributed by atoms with E-state index in [4.69, 9.17) is 5.73 Å². The molecule has 2 unspecified atom stereocenters. The maximum atomic E-state index is 12.2. The topological polar surface area (TPSA) is 59.2 Å². The molecule has 17 heavy (non-hydrogen) atoms. The molecule has 1 saturated heterocycles. The number of fused-ring (bicyclic) bond motifs is 1. The molecule has 4 nitrogen and oxygen atoms in total. The minimum atomic E-state index is 0.104. The molecule has 0 aromatic carbocycles. The zero-order valence-electron chi connectivity index (χ0n) is 9.80. The molecule has 0 spiro atoms. The Balaban J connectivity index is 1.73. The average Bonchev–Trinajstić information content (AvgIpc) is 2.89. The Morgan fingerprint density at radius 3 is 2.59 bits per heavy atom. The summed E-state index contributed by atoms with van der Waals surface area (Å²) in [5.41, 5.74) is 6.17. The number of aromatic nitrogens is 1. The van der Waals surface area contributed by atoms with Crippen molar-refractivity contribution in [3.05, 3.63) is 23.9 Å². The van der Waals surface area contributed by atoms with Gasteiger partial charge >= 0.3 is 0 Å². The Hall–Kier alpha value is -1.58. The second kappa shape index (κ2) is 4.02. The third-order valence-electron chi connectivity index (χ3n) is 4.05. The molecule has 4 heteroatoms. The van der Waals surface area contributed by atoms with Gasteiger partial charge in [0.2, 0.25) is 0 Å². The van der Waals surface area contributed by atoms with E-state index in [-0.39, 0.29) is 5.91 Å². The van der Waals surface area contributed by atoms with Crippen LogP contribution in [0, 0.1) is 11.8 Å². The number of likely N-dealkylation sites (tertiary alicyclic amines) is 1. The average molecular weight is 231 g/mol. The number of nitrogen functional groups attached to an aromatic ring is 1. The van der Waals surface area contributed by atoms with E-state index in [1.54, 1.807) is 18.3 Å². The van der Waals surface area contributed by atoms with Crippen molar-refractivity contribution in [1.29, 1.82) is 0 Å². The van der Waals surface area contributed by atoms with Crippen molar-refractivity contribution in [1.82, 2.24) is 9.88 Å². The number of carbonyl (C=O) groups is 1. The second-order valence-electron chi connectivity index (χ2n) is 5.13. The fourth-order valence-corrected chi connectivity index (χ4v) is 3.12. The lowest BCUT2D eigenvalue weighted by Gasteiger charge is -2.17. The summed E-state index contributed by atoms with van der Waals surface area (Å²) in [5.74, 6) is 2.04. The molecule has 2 aliphatic rings. The number of hydrogen-bond donors (Lipinski definition) is 1. The summed E-state index contributed by atoms with van der Waals surface area (Å²) in [5, 5.41) is 0. The van der Waals surface area contributed by atoms with E-state index < -0.39 is 0 Å². The summed E-state index contributed by atoms with van der Waals surface area (Å²) in [6.45, 7) is 1.85. The van der Waals surface area contributed by atoms with Gasteiger partial charge in [0.1, 0.15) is 5.82 Å². The molecule has 1 aromatic rings. The number of rotatable bonds is 1. The molecule has 1 aromatic heterocycles. The first-order valence-electron chi connectivity index (χ1n) is 6.25. The molecule has 2 atom stereocenters. The molecule has 3 rings (SSSR count). The van der Waals surface area contributed by atoms with Crippen molar-refractivity contribution in [3.63, 3.8) is 0 Å². The van der Waals surface area contributed by atoms with Gasteiger partial charge in [-0.1, -0.05) is 6.42 Å². The van der Waals surface area contributed by atoms with Crippen LogP contribution in [0.5, 0.6) is 0 Å². The van der Waals surface area contributed by atoms with E-state index in [0.29, 0.717) is 11.4 Å². The molecule has 2 fully saturated rings. The first kappa shape index (κ1) is 10.6. The number of hydrogen-bond acceptors (Lipinski definition) is 3. The van der Waals surface area contributed by atoms with Crippen LogP contribution >= 0.6 is 0 Å². The van der Waals surface area contributed by atoms with E-state index in [2.05, 4.69) is 4.98 Å². The highest BCUT2D eigenvalue weighted by Gasteiger charge is 2.38. The molecule has 90 valence electrons. The molecular weight excluding hydrogens is 214 g/mol. The van der Waals surface area contributed by atoms with Crippen LogP contribution in [0.2, 0.25) is 0 Å². The second-order valence-corrected chi connectivity index (χ2v) is 5.13. The number of pyridine rings is 1. The highest BCUT2D eigenvalue weighted by molar-refractivity contribution is 5.94. The van der Waals surface area contributed by atoms with E-state index in [1.165, 1.54) is 19.3 Å². The number of carbonyl (C=O) groups excluding carboxylic acids is 1. The Bertz CT molecular complexity index is 417. The first-order valence-corrected chi connectivity index (χ1v) is 6.25. The van der Waals surface area contributed by atoms with Crippen LogP contribution in [0.15, 0.2) is 18.3 Å². The molecule has 0 bridgehead atoms. The fraction of sp³-hybridized carbons (Fsp3) is 0.538. The van der Waals surface area contributed by atoms with Gasteiger partial charge in [-0.15, -0.1) is 0 Å². The predicted octanol–water partition coefficient (Wildman–Crippen LogP) is 1.54. The van der Waals surface area contributed by atoms with Gasteiger partial charge in [0, 0.05) is 19.3 Å². The van der Waals surface area contributed by atoms with Crippen LogP contribution in [-0.2, 0) is 0 Å². The maximum absolute atomic E-state index is 12.2. The molecule has 1 aliphatic carbocycles. The van der Waals surface area contributed by atoms with Crippen molar-refractivity contribution in [2.45, 2.75) is 19.3 Å². The van der Waals surface area contributed by atoms with Gasteiger partial charge in [0.25, 0.3) is 5.91 Å². The number of nitrogens with two attached hydrogens (primary N) is 1. The summed E-state index contributed by atoms with van der Waals surface area (Å²) in [4.78, 5) is 18.2. The third-order valence-corrected chi connectivity index (χ3v) is 4.05. The quantitative estimate of drug-likeness (QED) is 0.797. The Morgan fingerprint density at radius 1 is 1.29 bits per heavy atom. The van der Waals surface area contributed by atoms with Crippen LogP contribution in [0.1, 0.15) is 29.6 Å². The number of nitrogens with zero attached hydrogens (tertiary/aromatic N) is 2. The molecule has 1 saturated carbocycles. The normalized spacial score (nSPS) is 27.2. The monoisotopic (exact) mass is 231 g/mol. The Kier molecular flexibility index (Phi) is 2.50. The van der Waals surface area contributed by atoms with E-state index >= 15 is 0 Å². The van der Waals surface area contributed by atoms with Gasteiger partial charge in [-0.05, 0) is 36.8 Å². The lowest BCUT2D eigenvalue weighted by Crippen LogP contribution is -2.29. The summed E-state index contributed by atoms with van der Waals surface area (Å²) < 4.78 is 0. The zero-order chi connectivity index (χ0) is 11.8. The third kappa shape index (κ3) is 1.88. The van der Waals surface area contributed by atoms with Crippen LogP contribution in [-0.4, -0.2) is 28.9 Å². The van der Waals surface area contributed by atoms with Crippen molar-refractivity contribution in [2.24, 2.45) is 11.8 Å². The lowest BCUT2D eigenvalue weighted by molar-refractivity contribution is 0.0780. The van der Waals surface area contributed by atoms with Crippen molar-refractivity contribution in [2.75, 3.05) is 18.8 Å². The SMILES string of the molecule is Nc1ccc(C(=O)N2CC3CCCC3C2)cn1. The molecule has 0 radical (unpaired) electrons. The molecule has 2 heterocycles. The zero-order valence-corrected chi connectivity index (χ0v) is 9.80.